The van der Waals surface area contributed by atoms with Gasteiger partial charge in [-0.3, -0.25) is 9.89 Å². The monoisotopic (exact) mass is 364 g/mol. The summed E-state index contributed by atoms with van der Waals surface area (Å²) in [7, 11) is 1.84. The number of rotatable bonds is 5. The van der Waals surface area contributed by atoms with Gasteiger partial charge in [-0.05, 0) is 30.5 Å². The van der Waals surface area contributed by atoms with Gasteiger partial charge in [-0.25, -0.2) is 0 Å². The van der Waals surface area contributed by atoms with Crippen molar-refractivity contribution in [1.29, 1.82) is 0 Å². The summed E-state index contributed by atoms with van der Waals surface area (Å²) in [5, 5.41) is 7.86. The number of halogens is 1. The van der Waals surface area contributed by atoms with Crippen molar-refractivity contribution in [2.45, 2.75) is 37.8 Å². The fraction of sp³-hybridized carbons (Fsp3) is 0.632. The van der Waals surface area contributed by atoms with Crippen molar-refractivity contribution in [3.8, 4) is 0 Å². The number of aliphatic imine (C=N–C) groups is 1. The van der Waals surface area contributed by atoms with Gasteiger partial charge in [0.15, 0.2) is 5.96 Å². The lowest BCUT2D eigenvalue weighted by Crippen LogP contribution is -2.48. The number of ether oxygens (including phenoxy) is 1. The molecule has 0 spiro atoms. The Hall–Kier alpha value is -1.30. The van der Waals surface area contributed by atoms with Gasteiger partial charge in [0.25, 0.3) is 0 Å². The van der Waals surface area contributed by atoms with E-state index in [1.54, 1.807) is 0 Å². The molecule has 2 aliphatic rings. The Morgan fingerprint density at radius 2 is 1.92 bits per heavy atom. The highest BCUT2D eigenvalue weighted by molar-refractivity contribution is 6.30. The molecule has 1 unspecified atom stereocenters. The molecule has 1 aromatic rings. The van der Waals surface area contributed by atoms with Gasteiger partial charge in [0.1, 0.15) is 0 Å². The lowest BCUT2D eigenvalue weighted by atomic mass is 10.0. The van der Waals surface area contributed by atoms with Crippen LogP contribution in [0.3, 0.4) is 0 Å². The van der Waals surface area contributed by atoms with Gasteiger partial charge < -0.3 is 15.4 Å². The van der Waals surface area contributed by atoms with Crippen LogP contribution in [0.5, 0.6) is 0 Å². The molecule has 138 valence electrons. The van der Waals surface area contributed by atoms with E-state index in [-0.39, 0.29) is 6.04 Å². The predicted molar refractivity (Wildman–Crippen MR) is 103 cm³/mol. The van der Waals surface area contributed by atoms with Crippen molar-refractivity contribution < 1.29 is 4.74 Å². The van der Waals surface area contributed by atoms with Crippen LogP contribution in [0.15, 0.2) is 29.3 Å². The minimum absolute atomic E-state index is 0.281. The molecule has 1 saturated carbocycles. The van der Waals surface area contributed by atoms with Crippen LogP contribution < -0.4 is 10.6 Å². The molecule has 25 heavy (non-hydrogen) atoms. The Kier molecular flexibility index (Phi) is 6.96. The molecule has 3 rings (SSSR count). The van der Waals surface area contributed by atoms with E-state index in [0.29, 0.717) is 6.04 Å². The van der Waals surface area contributed by atoms with Crippen LogP contribution in [0.1, 0.15) is 37.3 Å². The summed E-state index contributed by atoms with van der Waals surface area (Å²) < 4.78 is 5.52. The van der Waals surface area contributed by atoms with E-state index in [0.717, 1.165) is 43.8 Å². The maximum absolute atomic E-state index is 6.07. The van der Waals surface area contributed by atoms with Crippen LogP contribution in [0.25, 0.3) is 0 Å². The second-order valence-corrected chi connectivity index (χ2v) is 7.23. The number of benzene rings is 1. The molecule has 0 aromatic heterocycles. The van der Waals surface area contributed by atoms with E-state index in [1.807, 2.05) is 19.2 Å². The highest BCUT2D eigenvalue weighted by atomic mass is 35.5. The Labute approximate surface area is 155 Å². The summed E-state index contributed by atoms with van der Waals surface area (Å²) in [6, 6.07) is 9.02. The zero-order valence-corrected chi connectivity index (χ0v) is 15.8. The van der Waals surface area contributed by atoms with Crippen molar-refractivity contribution in [3.05, 3.63) is 34.9 Å². The van der Waals surface area contributed by atoms with E-state index < -0.39 is 0 Å². The summed E-state index contributed by atoms with van der Waals surface area (Å²) >= 11 is 6.07. The third-order valence-electron chi connectivity index (χ3n) is 5.12. The molecule has 5 nitrogen and oxygen atoms in total. The van der Waals surface area contributed by atoms with Crippen molar-refractivity contribution in [3.63, 3.8) is 0 Å². The van der Waals surface area contributed by atoms with Gasteiger partial charge in [0, 0.05) is 37.7 Å². The van der Waals surface area contributed by atoms with E-state index in [1.165, 1.54) is 31.2 Å². The minimum atomic E-state index is 0.281. The quantitative estimate of drug-likeness (QED) is 0.623. The number of nitrogens with zero attached hydrogens (tertiary/aromatic N) is 2. The second kappa shape index (κ2) is 9.41. The topological polar surface area (TPSA) is 48.9 Å². The van der Waals surface area contributed by atoms with E-state index >= 15 is 0 Å². The lowest BCUT2D eigenvalue weighted by Gasteiger charge is -2.35. The largest absolute Gasteiger partial charge is 0.379 e. The first-order chi connectivity index (χ1) is 12.3. The molecular weight excluding hydrogens is 336 g/mol. The summed E-state index contributed by atoms with van der Waals surface area (Å²) in [4.78, 5) is 6.88. The Morgan fingerprint density at radius 1 is 1.24 bits per heavy atom. The molecule has 1 heterocycles. The van der Waals surface area contributed by atoms with Crippen molar-refractivity contribution in [2.24, 2.45) is 4.99 Å². The van der Waals surface area contributed by atoms with Gasteiger partial charge in [-0.1, -0.05) is 36.6 Å². The molecule has 2 fully saturated rings. The molecule has 1 atom stereocenters. The van der Waals surface area contributed by atoms with Crippen LogP contribution in [0, 0.1) is 0 Å². The van der Waals surface area contributed by atoms with Gasteiger partial charge in [0.2, 0.25) is 0 Å². The highest BCUT2D eigenvalue weighted by Crippen LogP contribution is 2.23. The van der Waals surface area contributed by atoms with Crippen LogP contribution in [0.4, 0.5) is 0 Å². The normalized spacial score (nSPS) is 21.3. The van der Waals surface area contributed by atoms with Crippen molar-refractivity contribution >= 4 is 17.6 Å². The summed E-state index contributed by atoms with van der Waals surface area (Å²) in [5.41, 5.74) is 1.27. The van der Waals surface area contributed by atoms with Crippen LogP contribution in [0.2, 0.25) is 5.02 Å². The average Bonchev–Trinajstić information content (AvgIpc) is 3.16. The fourth-order valence-corrected chi connectivity index (χ4v) is 3.81. The zero-order chi connectivity index (χ0) is 17.5. The van der Waals surface area contributed by atoms with E-state index in [9.17, 15) is 0 Å². The third kappa shape index (κ3) is 5.33. The summed E-state index contributed by atoms with van der Waals surface area (Å²) in [6.07, 6.45) is 5.11. The molecule has 6 heteroatoms. The first kappa shape index (κ1) is 18.5. The average molecular weight is 365 g/mol. The number of nitrogens with one attached hydrogen (secondary N) is 2. The van der Waals surface area contributed by atoms with Gasteiger partial charge in [-0.15, -0.1) is 0 Å². The van der Waals surface area contributed by atoms with Crippen LogP contribution >= 0.6 is 11.6 Å². The van der Waals surface area contributed by atoms with Crippen LogP contribution in [-0.4, -0.2) is 56.8 Å². The van der Waals surface area contributed by atoms with Gasteiger partial charge in [0.05, 0.1) is 19.3 Å². The molecule has 1 aromatic carbocycles. The molecule has 1 aliphatic heterocycles. The lowest BCUT2D eigenvalue weighted by molar-refractivity contribution is 0.0170. The molecule has 0 radical (unpaired) electrons. The molecule has 0 bridgehead atoms. The minimum Gasteiger partial charge on any atom is -0.379 e. The standard InChI is InChI=1S/C19H29ClN4O/c1-21-19(23-17-4-2-3-5-17)22-14-18(24-10-12-25-13-11-24)15-6-8-16(20)9-7-15/h6-9,17-18H,2-5,10-14H2,1H3,(H2,21,22,23). The molecule has 1 aliphatic carbocycles. The number of hydrogen-bond acceptors (Lipinski definition) is 3. The smallest absolute Gasteiger partial charge is 0.191 e. The zero-order valence-electron chi connectivity index (χ0n) is 15.0. The SMILES string of the molecule is CN=C(NCC(c1ccc(Cl)cc1)N1CCOCC1)NC1CCCC1. The Morgan fingerprint density at radius 3 is 2.56 bits per heavy atom. The second-order valence-electron chi connectivity index (χ2n) is 6.79. The van der Waals surface area contributed by atoms with Crippen LogP contribution in [-0.2, 0) is 4.74 Å². The third-order valence-corrected chi connectivity index (χ3v) is 5.38. The number of guanidine groups is 1. The number of hydrogen-bond donors (Lipinski definition) is 2. The van der Waals surface area contributed by atoms with Gasteiger partial charge in [-0.2, -0.15) is 0 Å². The summed E-state index contributed by atoms with van der Waals surface area (Å²) in [5.74, 6) is 0.902. The molecule has 1 saturated heterocycles. The van der Waals surface area contributed by atoms with Crippen molar-refractivity contribution in [2.75, 3.05) is 39.9 Å². The molecular formula is C19H29ClN4O. The van der Waals surface area contributed by atoms with E-state index in [4.69, 9.17) is 16.3 Å². The maximum Gasteiger partial charge on any atom is 0.191 e. The molecule has 0 amide bonds. The van der Waals surface area contributed by atoms with E-state index in [2.05, 4.69) is 32.7 Å². The maximum atomic E-state index is 6.07. The Bertz CT molecular complexity index is 551. The first-order valence-electron chi connectivity index (χ1n) is 9.30. The number of morpholine rings is 1. The predicted octanol–water partition coefficient (Wildman–Crippen LogP) is 2.82. The van der Waals surface area contributed by atoms with Crippen molar-refractivity contribution in [1.82, 2.24) is 15.5 Å². The fourth-order valence-electron chi connectivity index (χ4n) is 3.68. The highest BCUT2D eigenvalue weighted by Gasteiger charge is 2.23. The molecule has 2 N–H and O–H groups in total. The Balaban J connectivity index is 1.64. The summed E-state index contributed by atoms with van der Waals surface area (Å²) in [6.45, 7) is 4.29. The van der Waals surface area contributed by atoms with Gasteiger partial charge >= 0.3 is 0 Å². The first-order valence-corrected chi connectivity index (χ1v) is 9.68.